The van der Waals surface area contributed by atoms with E-state index in [1.54, 1.807) is 6.92 Å². The van der Waals surface area contributed by atoms with Crippen LogP contribution in [0.25, 0.3) is 0 Å². The highest BCUT2D eigenvalue weighted by molar-refractivity contribution is 5.98. The number of halogens is 2. The molecule has 0 saturated carbocycles. The fourth-order valence-corrected chi connectivity index (χ4v) is 2.21. The zero-order valence-corrected chi connectivity index (χ0v) is 11.3. The van der Waals surface area contributed by atoms with Gasteiger partial charge in [-0.2, -0.15) is 0 Å². The lowest BCUT2D eigenvalue weighted by atomic mass is 10.0. The quantitative estimate of drug-likeness (QED) is 0.682. The minimum absolute atomic E-state index is 0.141. The van der Waals surface area contributed by atoms with Crippen molar-refractivity contribution in [3.05, 3.63) is 39.4 Å². The Bertz CT molecular complexity index is 586. The van der Waals surface area contributed by atoms with Gasteiger partial charge in [0.15, 0.2) is 11.6 Å². The van der Waals surface area contributed by atoms with Crippen LogP contribution in [-0.2, 0) is 4.74 Å². The van der Waals surface area contributed by atoms with E-state index in [2.05, 4.69) is 5.32 Å². The van der Waals surface area contributed by atoms with E-state index in [1.165, 1.54) is 0 Å². The number of hydrogen-bond acceptors (Lipinski definition) is 4. The van der Waals surface area contributed by atoms with Gasteiger partial charge in [-0.15, -0.1) is 0 Å². The molecule has 2 rings (SSSR count). The summed E-state index contributed by atoms with van der Waals surface area (Å²) in [4.78, 5) is 21.9. The number of carbonyl (C=O) groups is 1. The average molecular weight is 300 g/mol. The van der Waals surface area contributed by atoms with Crippen LogP contribution in [0, 0.1) is 21.7 Å². The van der Waals surface area contributed by atoms with Gasteiger partial charge in [0, 0.05) is 13.2 Å². The summed E-state index contributed by atoms with van der Waals surface area (Å²) in [6.07, 6.45) is 1.60. The first-order chi connectivity index (χ1) is 9.82. The smallest absolute Gasteiger partial charge is 0.285 e. The second kappa shape index (κ2) is 5.72. The van der Waals surface area contributed by atoms with Crippen LogP contribution in [0.1, 0.15) is 30.1 Å². The Morgan fingerprint density at radius 1 is 1.48 bits per heavy atom. The minimum atomic E-state index is -1.37. The van der Waals surface area contributed by atoms with Crippen molar-refractivity contribution in [1.29, 1.82) is 0 Å². The second-order valence-corrected chi connectivity index (χ2v) is 5.13. The molecule has 0 bridgehead atoms. The predicted octanol–water partition coefficient (Wildman–Crippen LogP) is 2.17. The Morgan fingerprint density at radius 3 is 2.71 bits per heavy atom. The van der Waals surface area contributed by atoms with Crippen molar-refractivity contribution in [2.75, 3.05) is 13.2 Å². The number of nitro benzene ring substituents is 1. The van der Waals surface area contributed by atoms with Crippen LogP contribution in [0.15, 0.2) is 12.1 Å². The summed E-state index contributed by atoms with van der Waals surface area (Å²) >= 11 is 0. The Labute approximate surface area is 119 Å². The molecule has 1 fully saturated rings. The Morgan fingerprint density at radius 2 is 2.14 bits per heavy atom. The third-order valence-corrected chi connectivity index (χ3v) is 3.40. The molecule has 1 heterocycles. The number of amides is 1. The Balaban J connectivity index is 2.18. The first kappa shape index (κ1) is 15.3. The standard InChI is InChI=1S/C13H14F2N2O4/c1-13(3-2-4-21-13)7-16-12(18)8-5-9(14)10(15)6-11(8)17(19)20/h5-6H,2-4,7H2,1H3,(H,16,18). The van der Waals surface area contributed by atoms with Crippen LogP contribution in [0.3, 0.4) is 0 Å². The van der Waals surface area contributed by atoms with E-state index in [0.717, 1.165) is 12.8 Å². The van der Waals surface area contributed by atoms with Gasteiger partial charge in [-0.1, -0.05) is 0 Å². The summed E-state index contributed by atoms with van der Waals surface area (Å²) in [6.45, 7) is 2.53. The normalized spacial score (nSPS) is 21.3. The molecule has 1 unspecified atom stereocenters. The zero-order chi connectivity index (χ0) is 15.6. The molecule has 0 radical (unpaired) electrons. The van der Waals surface area contributed by atoms with Crippen molar-refractivity contribution < 1.29 is 23.2 Å². The van der Waals surface area contributed by atoms with E-state index in [1.807, 2.05) is 0 Å². The van der Waals surface area contributed by atoms with Gasteiger partial charge in [0.2, 0.25) is 0 Å². The largest absolute Gasteiger partial charge is 0.373 e. The molecule has 0 aromatic heterocycles. The molecular formula is C13H14F2N2O4. The minimum Gasteiger partial charge on any atom is -0.373 e. The maximum Gasteiger partial charge on any atom is 0.285 e. The lowest BCUT2D eigenvalue weighted by molar-refractivity contribution is -0.385. The van der Waals surface area contributed by atoms with Crippen LogP contribution in [0.2, 0.25) is 0 Å². The number of benzene rings is 1. The fourth-order valence-electron chi connectivity index (χ4n) is 2.21. The number of nitrogens with zero attached hydrogens (tertiary/aromatic N) is 1. The summed E-state index contributed by atoms with van der Waals surface area (Å²) in [6, 6.07) is 0.929. The second-order valence-electron chi connectivity index (χ2n) is 5.13. The third-order valence-electron chi connectivity index (χ3n) is 3.40. The predicted molar refractivity (Wildman–Crippen MR) is 68.9 cm³/mol. The van der Waals surface area contributed by atoms with Gasteiger partial charge >= 0.3 is 0 Å². The van der Waals surface area contributed by atoms with Crippen molar-refractivity contribution in [1.82, 2.24) is 5.32 Å². The molecule has 1 aromatic rings. The van der Waals surface area contributed by atoms with Gasteiger partial charge in [-0.05, 0) is 25.8 Å². The molecular weight excluding hydrogens is 286 g/mol. The molecule has 114 valence electrons. The van der Waals surface area contributed by atoms with Crippen LogP contribution in [0.4, 0.5) is 14.5 Å². The first-order valence-corrected chi connectivity index (χ1v) is 6.38. The molecule has 0 spiro atoms. The maximum absolute atomic E-state index is 13.2. The molecule has 1 aliphatic rings. The molecule has 1 atom stereocenters. The van der Waals surface area contributed by atoms with Gasteiger partial charge in [0.25, 0.3) is 11.6 Å². The Hall–Kier alpha value is -2.09. The van der Waals surface area contributed by atoms with E-state index >= 15 is 0 Å². The molecule has 1 amide bonds. The average Bonchev–Trinajstić information content (AvgIpc) is 2.86. The van der Waals surface area contributed by atoms with E-state index in [4.69, 9.17) is 4.74 Å². The molecule has 8 heteroatoms. The molecule has 21 heavy (non-hydrogen) atoms. The monoisotopic (exact) mass is 300 g/mol. The van der Waals surface area contributed by atoms with Crippen molar-refractivity contribution in [2.45, 2.75) is 25.4 Å². The molecule has 6 nitrogen and oxygen atoms in total. The van der Waals surface area contributed by atoms with Crippen molar-refractivity contribution in [2.24, 2.45) is 0 Å². The van der Waals surface area contributed by atoms with E-state index < -0.39 is 39.3 Å². The lowest BCUT2D eigenvalue weighted by Crippen LogP contribution is -2.40. The van der Waals surface area contributed by atoms with Gasteiger partial charge in [0.05, 0.1) is 16.6 Å². The Kier molecular flexibility index (Phi) is 4.17. The van der Waals surface area contributed by atoms with Crippen molar-refractivity contribution in [3.63, 3.8) is 0 Å². The van der Waals surface area contributed by atoms with E-state index in [9.17, 15) is 23.7 Å². The fraction of sp³-hybridized carbons (Fsp3) is 0.462. The SMILES string of the molecule is CC1(CNC(=O)c2cc(F)c(F)cc2[N+](=O)[O-])CCCO1. The van der Waals surface area contributed by atoms with E-state index in [-0.39, 0.29) is 6.54 Å². The summed E-state index contributed by atoms with van der Waals surface area (Å²) in [5, 5.41) is 13.3. The lowest BCUT2D eigenvalue weighted by Gasteiger charge is -2.23. The molecule has 0 aliphatic carbocycles. The van der Waals surface area contributed by atoms with Gasteiger partial charge in [0.1, 0.15) is 5.56 Å². The van der Waals surface area contributed by atoms with E-state index in [0.29, 0.717) is 18.7 Å². The van der Waals surface area contributed by atoms with Gasteiger partial charge in [-0.25, -0.2) is 8.78 Å². The number of rotatable bonds is 4. The molecule has 1 saturated heterocycles. The van der Waals surface area contributed by atoms with Gasteiger partial charge in [-0.3, -0.25) is 14.9 Å². The summed E-state index contributed by atoms with van der Waals surface area (Å²) in [5.41, 5.74) is -1.83. The summed E-state index contributed by atoms with van der Waals surface area (Å²) in [5.74, 6) is -3.52. The number of nitro groups is 1. The highest BCUT2D eigenvalue weighted by atomic mass is 19.2. The van der Waals surface area contributed by atoms with Crippen LogP contribution < -0.4 is 5.32 Å². The number of ether oxygens (including phenoxy) is 1. The number of nitrogens with one attached hydrogen (secondary N) is 1. The third kappa shape index (κ3) is 3.33. The summed E-state index contributed by atoms with van der Waals surface area (Å²) in [7, 11) is 0. The summed E-state index contributed by atoms with van der Waals surface area (Å²) < 4.78 is 31.7. The van der Waals surface area contributed by atoms with Gasteiger partial charge < -0.3 is 10.1 Å². The van der Waals surface area contributed by atoms with Crippen LogP contribution in [-0.4, -0.2) is 29.6 Å². The zero-order valence-electron chi connectivity index (χ0n) is 11.3. The van der Waals surface area contributed by atoms with Crippen molar-refractivity contribution >= 4 is 11.6 Å². The van der Waals surface area contributed by atoms with Crippen molar-refractivity contribution in [3.8, 4) is 0 Å². The highest BCUT2D eigenvalue weighted by Crippen LogP contribution is 2.25. The molecule has 1 aromatic carbocycles. The number of carbonyl (C=O) groups excluding carboxylic acids is 1. The van der Waals surface area contributed by atoms with Crippen LogP contribution >= 0.6 is 0 Å². The molecule has 1 N–H and O–H groups in total. The topological polar surface area (TPSA) is 81.5 Å². The number of hydrogen-bond donors (Lipinski definition) is 1. The first-order valence-electron chi connectivity index (χ1n) is 6.38. The molecule has 1 aliphatic heterocycles. The highest BCUT2D eigenvalue weighted by Gasteiger charge is 2.31. The van der Waals surface area contributed by atoms with Crippen LogP contribution in [0.5, 0.6) is 0 Å². The maximum atomic E-state index is 13.2.